The van der Waals surface area contributed by atoms with E-state index in [2.05, 4.69) is 43.1 Å². The van der Waals surface area contributed by atoms with Gasteiger partial charge in [-0.05, 0) is 62.3 Å². The Morgan fingerprint density at radius 2 is 1.84 bits per heavy atom. The van der Waals surface area contributed by atoms with Crippen LogP contribution in [0.25, 0.3) is 0 Å². The molecule has 1 fully saturated rings. The van der Waals surface area contributed by atoms with Crippen LogP contribution in [0, 0.1) is 5.92 Å². The van der Waals surface area contributed by atoms with E-state index in [9.17, 15) is 4.79 Å². The van der Waals surface area contributed by atoms with Crippen LogP contribution >= 0.6 is 0 Å². The number of amides is 1. The van der Waals surface area contributed by atoms with Gasteiger partial charge < -0.3 is 10.2 Å². The van der Waals surface area contributed by atoms with E-state index >= 15 is 0 Å². The molecule has 140 valence electrons. The summed E-state index contributed by atoms with van der Waals surface area (Å²) in [5, 5.41) is 3.23. The highest BCUT2D eigenvalue weighted by molar-refractivity contribution is 5.94. The van der Waals surface area contributed by atoms with Crippen LogP contribution in [0.4, 0.5) is 0 Å². The molecule has 1 aromatic carbocycles. The first kappa shape index (κ1) is 20.0. The quantitative estimate of drug-likeness (QED) is 0.661. The van der Waals surface area contributed by atoms with Crippen molar-refractivity contribution in [2.24, 2.45) is 5.92 Å². The predicted octanol–water partition coefficient (Wildman–Crippen LogP) is 4.66. The average molecular weight is 345 g/mol. The van der Waals surface area contributed by atoms with Crippen molar-refractivity contribution in [3.8, 4) is 0 Å². The van der Waals surface area contributed by atoms with Gasteiger partial charge in [-0.2, -0.15) is 0 Å². The zero-order valence-corrected chi connectivity index (χ0v) is 16.4. The van der Waals surface area contributed by atoms with Gasteiger partial charge in [-0.15, -0.1) is 0 Å². The number of benzene rings is 1. The minimum atomic E-state index is 0.0840. The lowest BCUT2D eigenvalue weighted by Gasteiger charge is -2.32. The third-order valence-electron chi connectivity index (χ3n) is 5.23. The van der Waals surface area contributed by atoms with E-state index in [1.807, 2.05) is 12.1 Å². The van der Waals surface area contributed by atoms with Crippen molar-refractivity contribution in [2.45, 2.75) is 71.8 Å². The number of rotatable bonds is 9. The van der Waals surface area contributed by atoms with Crippen LogP contribution in [0.2, 0.25) is 0 Å². The first-order valence-corrected chi connectivity index (χ1v) is 10.2. The molecule has 0 saturated carbocycles. The molecule has 0 aromatic heterocycles. The summed E-state index contributed by atoms with van der Waals surface area (Å²) in [6.45, 7) is 10.2. The molecule has 1 aromatic rings. The number of unbranched alkanes of at least 4 members (excludes halogenated alkanes) is 2. The highest BCUT2D eigenvalue weighted by atomic mass is 16.1. The number of aryl methyl sites for hydroxylation is 1. The number of likely N-dealkylation sites (tertiary alicyclic amines) is 1. The van der Waals surface area contributed by atoms with Gasteiger partial charge in [0, 0.05) is 24.7 Å². The molecular weight excluding hydrogens is 308 g/mol. The molecule has 1 N–H and O–H groups in total. The van der Waals surface area contributed by atoms with E-state index in [4.69, 9.17) is 0 Å². The lowest BCUT2D eigenvalue weighted by molar-refractivity contribution is 0.0910. The van der Waals surface area contributed by atoms with Gasteiger partial charge >= 0.3 is 0 Å². The maximum absolute atomic E-state index is 12.5. The third kappa shape index (κ3) is 7.19. The second-order valence-electron chi connectivity index (χ2n) is 7.93. The third-order valence-corrected chi connectivity index (χ3v) is 5.23. The number of hydrogen-bond acceptors (Lipinski definition) is 2. The molecule has 1 aliphatic heterocycles. The number of piperidine rings is 1. The Morgan fingerprint density at radius 1 is 1.16 bits per heavy atom. The lowest BCUT2D eigenvalue weighted by atomic mass is 10.0. The number of hydrogen-bond donors (Lipinski definition) is 1. The van der Waals surface area contributed by atoms with E-state index in [0.29, 0.717) is 6.04 Å². The van der Waals surface area contributed by atoms with Gasteiger partial charge in [0.25, 0.3) is 5.91 Å². The van der Waals surface area contributed by atoms with E-state index in [1.165, 1.54) is 37.8 Å². The second kappa shape index (κ2) is 10.6. The first-order valence-electron chi connectivity index (χ1n) is 10.2. The molecule has 3 nitrogen and oxygen atoms in total. The van der Waals surface area contributed by atoms with Gasteiger partial charge in [0.05, 0.1) is 0 Å². The normalized spacial score (nSPS) is 16.3. The van der Waals surface area contributed by atoms with Crippen LogP contribution in [-0.2, 0) is 6.42 Å². The van der Waals surface area contributed by atoms with E-state index in [-0.39, 0.29) is 5.91 Å². The monoisotopic (exact) mass is 344 g/mol. The topological polar surface area (TPSA) is 32.3 Å². The van der Waals surface area contributed by atoms with E-state index in [1.54, 1.807) is 0 Å². The molecule has 0 radical (unpaired) electrons. The van der Waals surface area contributed by atoms with Gasteiger partial charge in [-0.25, -0.2) is 0 Å². The van der Waals surface area contributed by atoms with Gasteiger partial charge in [0.1, 0.15) is 0 Å². The van der Waals surface area contributed by atoms with Crippen LogP contribution in [0.15, 0.2) is 24.3 Å². The van der Waals surface area contributed by atoms with Gasteiger partial charge in [-0.1, -0.05) is 45.7 Å². The fourth-order valence-corrected chi connectivity index (χ4v) is 3.41. The Labute approximate surface area is 154 Å². The summed E-state index contributed by atoms with van der Waals surface area (Å²) in [5.41, 5.74) is 2.13. The van der Waals surface area contributed by atoms with Gasteiger partial charge in [-0.3, -0.25) is 4.79 Å². The maximum atomic E-state index is 12.5. The van der Waals surface area contributed by atoms with Crippen molar-refractivity contribution in [3.63, 3.8) is 0 Å². The standard InChI is InChI=1S/C22H36N2O/c1-4-5-6-7-19-8-10-20(11-9-19)22(25)23-21-13-16-24(17-14-21)15-12-18(2)3/h8-11,18,21H,4-7,12-17H2,1-3H3,(H,23,25). The Hall–Kier alpha value is -1.35. The summed E-state index contributed by atoms with van der Waals surface area (Å²) in [6.07, 6.45) is 8.27. The fraction of sp³-hybridized carbons (Fsp3) is 0.682. The van der Waals surface area contributed by atoms with Crippen molar-refractivity contribution in [1.29, 1.82) is 0 Å². The summed E-state index contributed by atoms with van der Waals surface area (Å²) < 4.78 is 0. The molecule has 1 amide bonds. The number of carbonyl (C=O) groups is 1. The number of nitrogens with zero attached hydrogens (tertiary/aromatic N) is 1. The molecule has 1 saturated heterocycles. The Balaban J connectivity index is 1.73. The van der Waals surface area contributed by atoms with E-state index in [0.717, 1.165) is 43.8 Å². The Kier molecular flexibility index (Phi) is 8.47. The Bertz CT molecular complexity index is 501. The van der Waals surface area contributed by atoms with Crippen molar-refractivity contribution in [2.75, 3.05) is 19.6 Å². The molecule has 3 heteroatoms. The van der Waals surface area contributed by atoms with Crippen molar-refractivity contribution < 1.29 is 4.79 Å². The highest BCUT2D eigenvalue weighted by Gasteiger charge is 2.21. The molecule has 0 bridgehead atoms. The molecule has 0 spiro atoms. The largest absolute Gasteiger partial charge is 0.349 e. The van der Waals surface area contributed by atoms with Crippen molar-refractivity contribution >= 4 is 5.91 Å². The number of nitrogens with one attached hydrogen (secondary N) is 1. The van der Waals surface area contributed by atoms with Crippen LogP contribution in [-0.4, -0.2) is 36.5 Å². The van der Waals surface area contributed by atoms with Crippen molar-refractivity contribution in [3.05, 3.63) is 35.4 Å². The minimum Gasteiger partial charge on any atom is -0.349 e. The summed E-state index contributed by atoms with van der Waals surface area (Å²) >= 11 is 0. The zero-order valence-electron chi connectivity index (χ0n) is 16.4. The molecule has 0 unspecified atom stereocenters. The minimum absolute atomic E-state index is 0.0840. The molecule has 1 aliphatic rings. The highest BCUT2D eigenvalue weighted by Crippen LogP contribution is 2.14. The molecule has 2 rings (SSSR count). The smallest absolute Gasteiger partial charge is 0.251 e. The molecule has 0 aliphatic carbocycles. The molecular formula is C22H36N2O. The Morgan fingerprint density at radius 3 is 2.44 bits per heavy atom. The number of carbonyl (C=O) groups excluding carboxylic acids is 1. The van der Waals surface area contributed by atoms with Gasteiger partial charge in [0.2, 0.25) is 0 Å². The zero-order chi connectivity index (χ0) is 18.1. The second-order valence-corrected chi connectivity index (χ2v) is 7.93. The molecule has 25 heavy (non-hydrogen) atoms. The van der Waals surface area contributed by atoms with Crippen molar-refractivity contribution in [1.82, 2.24) is 10.2 Å². The van der Waals surface area contributed by atoms with E-state index < -0.39 is 0 Å². The van der Waals surface area contributed by atoms with Gasteiger partial charge in [0.15, 0.2) is 0 Å². The average Bonchev–Trinajstić information content (AvgIpc) is 2.62. The fourth-order valence-electron chi connectivity index (χ4n) is 3.41. The summed E-state index contributed by atoms with van der Waals surface area (Å²) in [6, 6.07) is 8.51. The van der Waals surface area contributed by atoms with Crippen LogP contribution in [0.3, 0.4) is 0 Å². The summed E-state index contributed by atoms with van der Waals surface area (Å²) in [5.74, 6) is 0.850. The SMILES string of the molecule is CCCCCc1ccc(C(=O)NC2CCN(CCC(C)C)CC2)cc1. The maximum Gasteiger partial charge on any atom is 0.251 e. The van der Waals surface area contributed by atoms with Crippen LogP contribution in [0.1, 0.15) is 75.2 Å². The summed E-state index contributed by atoms with van der Waals surface area (Å²) in [7, 11) is 0. The van der Waals surface area contributed by atoms with Crippen LogP contribution in [0.5, 0.6) is 0 Å². The summed E-state index contributed by atoms with van der Waals surface area (Å²) in [4.78, 5) is 15.0. The molecule has 1 heterocycles. The van der Waals surface area contributed by atoms with Crippen LogP contribution < -0.4 is 5.32 Å². The first-order chi connectivity index (χ1) is 12.1. The molecule has 0 atom stereocenters. The lowest BCUT2D eigenvalue weighted by Crippen LogP contribution is -2.45. The predicted molar refractivity (Wildman–Crippen MR) is 106 cm³/mol.